The molecule has 0 amide bonds. The monoisotopic (exact) mass is 293 g/mol. The van der Waals surface area contributed by atoms with Gasteiger partial charge in [-0.05, 0) is 31.0 Å². The van der Waals surface area contributed by atoms with Crippen LogP contribution >= 0.6 is 11.6 Å². The van der Waals surface area contributed by atoms with Gasteiger partial charge in [0.25, 0.3) is 0 Å². The Hall–Kier alpha value is -1.55. The molecule has 2 N–H and O–H groups in total. The summed E-state index contributed by atoms with van der Waals surface area (Å²) < 4.78 is 15.9. The minimum atomic E-state index is -0.350. The summed E-state index contributed by atoms with van der Waals surface area (Å²) in [5, 5.41) is 0.480. The van der Waals surface area contributed by atoms with Gasteiger partial charge in [-0.25, -0.2) is 9.37 Å². The van der Waals surface area contributed by atoms with E-state index in [1.807, 2.05) is 11.6 Å². The molecule has 1 fully saturated rings. The zero-order valence-corrected chi connectivity index (χ0v) is 12.1. The van der Waals surface area contributed by atoms with E-state index in [1.54, 1.807) is 6.07 Å². The number of imidazole rings is 1. The van der Waals surface area contributed by atoms with E-state index in [1.165, 1.54) is 25.0 Å². The lowest BCUT2D eigenvalue weighted by Crippen LogP contribution is -2.05. The number of nitrogens with two attached hydrogens (primary N) is 1. The maximum atomic E-state index is 14.0. The normalized spacial score (nSPS) is 15.9. The smallest absolute Gasteiger partial charge is 0.132 e. The average molecular weight is 294 g/mol. The molecular formula is C15H17ClFN3. The third-order valence-electron chi connectivity index (χ3n) is 4.08. The van der Waals surface area contributed by atoms with E-state index in [0.717, 1.165) is 18.7 Å². The Morgan fingerprint density at radius 1 is 1.35 bits per heavy atom. The fourth-order valence-corrected chi connectivity index (χ4v) is 3.13. The van der Waals surface area contributed by atoms with Gasteiger partial charge < -0.3 is 10.3 Å². The number of nitrogen functional groups attached to an aromatic ring is 1. The first-order valence-electron chi connectivity index (χ1n) is 6.85. The third-order valence-corrected chi connectivity index (χ3v) is 4.31. The van der Waals surface area contributed by atoms with Crippen molar-refractivity contribution in [2.75, 3.05) is 5.73 Å². The van der Waals surface area contributed by atoms with Gasteiger partial charge in [-0.1, -0.05) is 24.4 Å². The Morgan fingerprint density at radius 2 is 2.05 bits per heavy atom. The third kappa shape index (κ3) is 2.18. The largest absolute Gasteiger partial charge is 0.383 e. The first kappa shape index (κ1) is 13.4. The molecule has 1 heterocycles. The number of anilines is 1. The second kappa shape index (κ2) is 5.09. The van der Waals surface area contributed by atoms with Gasteiger partial charge >= 0.3 is 0 Å². The molecule has 0 saturated heterocycles. The Morgan fingerprint density at radius 3 is 2.75 bits per heavy atom. The van der Waals surface area contributed by atoms with Crippen molar-refractivity contribution in [1.82, 2.24) is 9.55 Å². The van der Waals surface area contributed by atoms with Gasteiger partial charge in [-0.3, -0.25) is 0 Å². The predicted octanol–water partition coefficient (Wildman–Crippen LogP) is 4.12. The molecule has 0 bridgehead atoms. The number of hydrogen-bond acceptors (Lipinski definition) is 2. The first-order valence-corrected chi connectivity index (χ1v) is 7.23. The van der Waals surface area contributed by atoms with Crippen molar-refractivity contribution >= 4 is 17.4 Å². The number of aromatic nitrogens is 2. The Bertz CT molecular complexity index is 645. The number of halogens is 2. The lowest BCUT2D eigenvalue weighted by Gasteiger charge is -2.08. The van der Waals surface area contributed by atoms with Crippen LogP contribution < -0.4 is 5.73 Å². The number of nitrogens with zero attached hydrogens (tertiary/aromatic N) is 2. The van der Waals surface area contributed by atoms with Crippen LogP contribution in [0.4, 0.5) is 10.2 Å². The van der Waals surface area contributed by atoms with Crippen LogP contribution in [0, 0.1) is 5.82 Å². The number of benzene rings is 1. The predicted molar refractivity (Wildman–Crippen MR) is 79.2 cm³/mol. The van der Waals surface area contributed by atoms with E-state index in [4.69, 9.17) is 17.3 Å². The molecule has 5 heteroatoms. The van der Waals surface area contributed by atoms with Crippen LogP contribution in [0.2, 0.25) is 5.02 Å². The van der Waals surface area contributed by atoms with Crippen LogP contribution in [-0.4, -0.2) is 9.55 Å². The van der Waals surface area contributed by atoms with Gasteiger partial charge in [-0.15, -0.1) is 0 Å². The molecule has 0 atom stereocenters. The fourth-order valence-electron chi connectivity index (χ4n) is 2.96. The SMILES string of the molecule is Cn1c(C2CCCC2)nc(-c2cc(Cl)ccc2F)c1N. The highest BCUT2D eigenvalue weighted by molar-refractivity contribution is 6.30. The molecule has 1 aromatic heterocycles. The minimum absolute atomic E-state index is 0.350. The molecule has 3 rings (SSSR count). The molecule has 0 unspecified atom stereocenters. The van der Waals surface area contributed by atoms with Gasteiger partial charge in [0.1, 0.15) is 23.2 Å². The van der Waals surface area contributed by atoms with Crippen LogP contribution in [0.15, 0.2) is 18.2 Å². The molecule has 1 saturated carbocycles. The van der Waals surface area contributed by atoms with E-state index >= 15 is 0 Å². The maximum Gasteiger partial charge on any atom is 0.132 e. The van der Waals surface area contributed by atoms with Crippen LogP contribution in [0.25, 0.3) is 11.3 Å². The van der Waals surface area contributed by atoms with E-state index < -0.39 is 0 Å². The molecule has 0 aliphatic heterocycles. The first-order chi connectivity index (χ1) is 9.58. The van der Waals surface area contributed by atoms with E-state index in [9.17, 15) is 4.39 Å². The Balaban J connectivity index is 2.10. The van der Waals surface area contributed by atoms with Crippen molar-refractivity contribution in [3.63, 3.8) is 0 Å². The molecule has 1 aromatic carbocycles. The standard InChI is InChI=1S/C15H17ClFN3/c1-20-14(18)13(11-8-10(16)6-7-12(11)17)19-15(20)9-4-2-3-5-9/h6-9H,2-5,18H2,1H3. The summed E-state index contributed by atoms with van der Waals surface area (Å²) in [6.07, 6.45) is 4.69. The summed E-state index contributed by atoms with van der Waals surface area (Å²) >= 11 is 5.95. The van der Waals surface area contributed by atoms with Gasteiger partial charge in [0.15, 0.2) is 0 Å². The van der Waals surface area contributed by atoms with Crippen LogP contribution in [-0.2, 0) is 7.05 Å². The van der Waals surface area contributed by atoms with E-state index in [-0.39, 0.29) is 5.82 Å². The second-order valence-electron chi connectivity index (χ2n) is 5.37. The summed E-state index contributed by atoms with van der Waals surface area (Å²) in [7, 11) is 1.89. The molecule has 3 nitrogen and oxygen atoms in total. The maximum absolute atomic E-state index is 14.0. The van der Waals surface area contributed by atoms with Crippen molar-refractivity contribution < 1.29 is 4.39 Å². The fraction of sp³-hybridized carbons (Fsp3) is 0.400. The number of rotatable bonds is 2. The van der Waals surface area contributed by atoms with Gasteiger partial charge in [0.2, 0.25) is 0 Å². The number of hydrogen-bond donors (Lipinski definition) is 1. The molecule has 106 valence electrons. The summed E-state index contributed by atoms with van der Waals surface area (Å²) in [5.41, 5.74) is 6.98. The summed E-state index contributed by atoms with van der Waals surface area (Å²) in [5.74, 6) is 1.53. The Labute approximate surface area is 122 Å². The van der Waals surface area contributed by atoms with Crippen molar-refractivity contribution in [3.05, 3.63) is 34.9 Å². The highest BCUT2D eigenvalue weighted by Crippen LogP contribution is 2.37. The summed E-state index contributed by atoms with van der Waals surface area (Å²) in [6.45, 7) is 0. The van der Waals surface area contributed by atoms with Gasteiger partial charge in [0, 0.05) is 23.6 Å². The van der Waals surface area contributed by atoms with E-state index in [0.29, 0.717) is 28.0 Å². The summed E-state index contributed by atoms with van der Waals surface area (Å²) in [4.78, 5) is 4.60. The van der Waals surface area contributed by atoms with E-state index in [2.05, 4.69) is 4.98 Å². The van der Waals surface area contributed by atoms with Crippen molar-refractivity contribution in [2.24, 2.45) is 7.05 Å². The Kier molecular flexibility index (Phi) is 3.42. The molecule has 0 spiro atoms. The lowest BCUT2D eigenvalue weighted by molar-refractivity contribution is 0.629. The molecule has 2 aromatic rings. The molecule has 1 aliphatic carbocycles. The summed E-state index contributed by atoms with van der Waals surface area (Å²) in [6, 6.07) is 4.45. The molecule has 0 radical (unpaired) electrons. The topological polar surface area (TPSA) is 43.8 Å². The highest BCUT2D eigenvalue weighted by atomic mass is 35.5. The zero-order chi connectivity index (χ0) is 14.3. The van der Waals surface area contributed by atoms with Crippen molar-refractivity contribution in [3.8, 4) is 11.3 Å². The minimum Gasteiger partial charge on any atom is -0.383 e. The van der Waals surface area contributed by atoms with Crippen LogP contribution in [0.5, 0.6) is 0 Å². The quantitative estimate of drug-likeness (QED) is 0.905. The van der Waals surface area contributed by atoms with Crippen LogP contribution in [0.3, 0.4) is 0 Å². The lowest BCUT2D eigenvalue weighted by atomic mass is 10.1. The molecule has 1 aliphatic rings. The second-order valence-corrected chi connectivity index (χ2v) is 5.80. The van der Waals surface area contributed by atoms with Crippen LogP contribution in [0.1, 0.15) is 37.4 Å². The van der Waals surface area contributed by atoms with Gasteiger partial charge in [-0.2, -0.15) is 0 Å². The zero-order valence-electron chi connectivity index (χ0n) is 11.4. The molecular weight excluding hydrogens is 277 g/mol. The van der Waals surface area contributed by atoms with Gasteiger partial charge in [0.05, 0.1) is 0 Å². The molecule has 20 heavy (non-hydrogen) atoms. The highest BCUT2D eigenvalue weighted by Gasteiger charge is 2.25. The van der Waals surface area contributed by atoms with Crippen molar-refractivity contribution in [2.45, 2.75) is 31.6 Å². The van der Waals surface area contributed by atoms with Crippen molar-refractivity contribution in [1.29, 1.82) is 0 Å². The average Bonchev–Trinajstić information content (AvgIpc) is 3.04.